The summed E-state index contributed by atoms with van der Waals surface area (Å²) < 4.78 is 5.21. The molecule has 0 aliphatic heterocycles. The van der Waals surface area contributed by atoms with E-state index in [1.54, 1.807) is 18.2 Å². The summed E-state index contributed by atoms with van der Waals surface area (Å²) in [4.78, 5) is 24.9. The first kappa shape index (κ1) is 17.6. The number of rotatable bonds is 8. The van der Waals surface area contributed by atoms with E-state index in [1.807, 2.05) is 0 Å². The molecule has 1 aromatic rings. The number of hydrogen-bond donors (Lipinski definition) is 2. The molecule has 0 radical (unpaired) electrons. The summed E-state index contributed by atoms with van der Waals surface area (Å²) in [6.07, 6.45) is 4.24. The summed E-state index contributed by atoms with van der Waals surface area (Å²) in [5.74, 6) is 0.0278. The molecule has 0 aromatic heterocycles. The van der Waals surface area contributed by atoms with Gasteiger partial charge in [-0.25, -0.2) is 0 Å². The Balaban J connectivity index is 2.00. The van der Waals surface area contributed by atoms with E-state index in [-0.39, 0.29) is 11.8 Å². The lowest BCUT2D eigenvalue weighted by molar-refractivity contribution is -0.134. The largest absolute Gasteiger partial charge is 0.495 e. The van der Waals surface area contributed by atoms with Crippen LogP contribution in [0.15, 0.2) is 18.2 Å². The quantitative estimate of drug-likeness (QED) is 0.564. The van der Waals surface area contributed by atoms with Gasteiger partial charge in [0.1, 0.15) is 11.2 Å². The second-order valence-electron chi connectivity index (χ2n) is 5.84. The molecule has 0 bridgehead atoms. The fraction of sp³-hybridized carbons (Fsp3) is 0.529. The molecule has 126 valence electrons. The molecule has 0 saturated heterocycles. The van der Waals surface area contributed by atoms with Crippen molar-refractivity contribution in [1.29, 1.82) is 0 Å². The number of carbonyl (C=O) groups excluding carboxylic acids is 2. The minimum Gasteiger partial charge on any atom is -0.495 e. The van der Waals surface area contributed by atoms with E-state index in [4.69, 9.17) is 16.3 Å². The Morgan fingerprint density at radius 1 is 1.26 bits per heavy atom. The van der Waals surface area contributed by atoms with Gasteiger partial charge < -0.3 is 15.4 Å². The highest BCUT2D eigenvalue weighted by molar-refractivity contribution is 6.31. The minimum atomic E-state index is -0.945. The number of ether oxygens (including phenoxy) is 1. The van der Waals surface area contributed by atoms with Gasteiger partial charge in [-0.2, -0.15) is 0 Å². The van der Waals surface area contributed by atoms with Crippen molar-refractivity contribution < 1.29 is 14.3 Å². The SMILES string of the molecule is CCCCCNC(=O)C1(C(=O)Nc2cc(Cl)ccc2OC)CC1. The predicted octanol–water partition coefficient (Wildman–Crippen LogP) is 3.37. The molecular weight excluding hydrogens is 316 g/mol. The second kappa shape index (κ2) is 7.68. The molecule has 5 nitrogen and oxygen atoms in total. The van der Waals surface area contributed by atoms with Crippen molar-refractivity contribution in [2.45, 2.75) is 39.0 Å². The van der Waals surface area contributed by atoms with Crippen molar-refractivity contribution in [3.63, 3.8) is 0 Å². The zero-order valence-electron chi connectivity index (χ0n) is 13.6. The highest BCUT2D eigenvalue weighted by Gasteiger charge is 2.56. The van der Waals surface area contributed by atoms with Crippen LogP contribution in [0.5, 0.6) is 5.75 Å². The molecule has 0 heterocycles. The van der Waals surface area contributed by atoms with Gasteiger partial charge in [0.15, 0.2) is 0 Å². The Morgan fingerprint density at radius 3 is 2.61 bits per heavy atom. The van der Waals surface area contributed by atoms with Crippen LogP contribution >= 0.6 is 11.6 Å². The monoisotopic (exact) mass is 338 g/mol. The lowest BCUT2D eigenvalue weighted by Gasteiger charge is -2.17. The molecule has 1 saturated carbocycles. The average molecular weight is 339 g/mol. The van der Waals surface area contributed by atoms with Gasteiger partial charge in [-0.15, -0.1) is 0 Å². The van der Waals surface area contributed by atoms with E-state index in [1.165, 1.54) is 7.11 Å². The lowest BCUT2D eigenvalue weighted by atomic mass is 10.0. The molecule has 0 atom stereocenters. The molecule has 2 N–H and O–H groups in total. The van der Waals surface area contributed by atoms with Crippen LogP contribution in [-0.2, 0) is 9.59 Å². The maximum Gasteiger partial charge on any atom is 0.240 e. The fourth-order valence-electron chi connectivity index (χ4n) is 2.45. The molecule has 0 unspecified atom stereocenters. The summed E-state index contributed by atoms with van der Waals surface area (Å²) in [7, 11) is 1.52. The predicted molar refractivity (Wildman–Crippen MR) is 90.8 cm³/mol. The van der Waals surface area contributed by atoms with E-state index in [0.29, 0.717) is 35.8 Å². The normalized spacial score (nSPS) is 14.9. The zero-order chi connectivity index (χ0) is 16.9. The smallest absolute Gasteiger partial charge is 0.240 e. The minimum absolute atomic E-state index is 0.188. The van der Waals surface area contributed by atoms with Gasteiger partial charge in [0.2, 0.25) is 11.8 Å². The second-order valence-corrected chi connectivity index (χ2v) is 6.28. The van der Waals surface area contributed by atoms with Gasteiger partial charge in [-0.05, 0) is 37.5 Å². The van der Waals surface area contributed by atoms with E-state index in [2.05, 4.69) is 17.6 Å². The van der Waals surface area contributed by atoms with E-state index < -0.39 is 5.41 Å². The third kappa shape index (κ3) is 4.16. The van der Waals surface area contributed by atoms with Gasteiger partial charge in [-0.3, -0.25) is 9.59 Å². The summed E-state index contributed by atoms with van der Waals surface area (Å²) in [6.45, 7) is 2.72. The maximum absolute atomic E-state index is 12.5. The molecule has 23 heavy (non-hydrogen) atoms. The van der Waals surface area contributed by atoms with E-state index in [9.17, 15) is 9.59 Å². The van der Waals surface area contributed by atoms with Crippen LogP contribution in [0.1, 0.15) is 39.0 Å². The van der Waals surface area contributed by atoms with Crippen LogP contribution in [0.3, 0.4) is 0 Å². The Morgan fingerprint density at radius 2 is 2.00 bits per heavy atom. The summed E-state index contributed by atoms with van der Waals surface area (Å²) >= 11 is 5.96. The van der Waals surface area contributed by atoms with Crippen LogP contribution in [0, 0.1) is 5.41 Å². The number of amides is 2. The van der Waals surface area contributed by atoms with Gasteiger partial charge >= 0.3 is 0 Å². The van der Waals surface area contributed by atoms with Crippen LogP contribution in [0.25, 0.3) is 0 Å². The number of carbonyl (C=O) groups is 2. The van der Waals surface area contributed by atoms with Gasteiger partial charge in [0, 0.05) is 11.6 Å². The van der Waals surface area contributed by atoms with Crippen molar-refractivity contribution in [3.8, 4) is 5.75 Å². The molecular formula is C17H23ClN2O3. The molecule has 2 rings (SSSR count). The van der Waals surface area contributed by atoms with E-state index >= 15 is 0 Å². The topological polar surface area (TPSA) is 67.4 Å². The van der Waals surface area contributed by atoms with Crippen LogP contribution in [0.2, 0.25) is 5.02 Å². The number of anilines is 1. The van der Waals surface area contributed by atoms with Crippen molar-refractivity contribution in [2.75, 3.05) is 19.0 Å². The van der Waals surface area contributed by atoms with Crippen LogP contribution < -0.4 is 15.4 Å². The van der Waals surface area contributed by atoms with Gasteiger partial charge in [0.05, 0.1) is 12.8 Å². The molecule has 1 aromatic carbocycles. The molecule has 1 aliphatic rings. The first-order valence-corrected chi connectivity index (χ1v) is 8.34. The Labute approximate surface area is 141 Å². The zero-order valence-corrected chi connectivity index (χ0v) is 14.3. The average Bonchev–Trinajstić information content (AvgIpc) is 3.33. The molecule has 1 fully saturated rings. The Bertz CT molecular complexity index is 585. The molecule has 0 spiro atoms. The van der Waals surface area contributed by atoms with Crippen LogP contribution in [0.4, 0.5) is 5.69 Å². The lowest BCUT2D eigenvalue weighted by Crippen LogP contribution is -2.40. The summed E-state index contributed by atoms with van der Waals surface area (Å²) in [6, 6.07) is 4.99. The molecule has 1 aliphatic carbocycles. The molecule has 2 amide bonds. The Kier molecular flexibility index (Phi) is 5.88. The summed E-state index contributed by atoms with van der Waals surface area (Å²) in [5, 5.41) is 6.14. The standard InChI is InChI=1S/C17H23ClN2O3/c1-3-4-5-10-19-15(21)17(8-9-17)16(22)20-13-11-12(18)6-7-14(13)23-2/h6-7,11H,3-5,8-10H2,1-2H3,(H,19,21)(H,20,22). The first-order chi connectivity index (χ1) is 11.0. The van der Waals surface area contributed by atoms with Crippen molar-refractivity contribution >= 4 is 29.1 Å². The number of benzene rings is 1. The third-order valence-electron chi connectivity index (χ3n) is 4.09. The Hall–Kier alpha value is -1.75. The van der Waals surface area contributed by atoms with Crippen LogP contribution in [-0.4, -0.2) is 25.5 Å². The highest BCUT2D eigenvalue weighted by atomic mass is 35.5. The number of hydrogen-bond acceptors (Lipinski definition) is 3. The summed E-state index contributed by atoms with van der Waals surface area (Å²) in [5.41, 5.74) is -0.463. The maximum atomic E-state index is 12.5. The van der Waals surface area contributed by atoms with Crippen molar-refractivity contribution in [1.82, 2.24) is 5.32 Å². The number of nitrogens with one attached hydrogen (secondary N) is 2. The van der Waals surface area contributed by atoms with Gasteiger partial charge in [-0.1, -0.05) is 31.4 Å². The van der Waals surface area contributed by atoms with Crippen molar-refractivity contribution in [3.05, 3.63) is 23.2 Å². The third-order valence-corrected chi connectivity index (χ3v) is 4.33. The van der Waals surface area contributed by atoms with E-state index in [0.717, 1.165) is 19.3 Å². The number of methoxy groups -OCH3 is 1. The highest BCUT2D eigenvalue weighted by Crippen LogP contribution is 2.47. The number of halogens is 1. The molecule has 6 heteroatoms. The first-order valence-electron chi connectivity index (χ1n) is 7.97. The van der Waals surface area contributed by atoms with Crippen molar-refractivity contribution in [2.24, 2.45) is 5.41 Å². The van der Waals surface area contributed by atoms with Gasteiger partial charge in [0.25, 0.3) is 0 Å². The fourth-order valence-corrected chi connectivity index (χ4v) is 2.62. The number of unbranched alkanes of at least 4 members (excludes halogenated alkanes) is 2.